The summed E-state index contributed by atoms with van der Waals surface area (Å²) in [4.78, 5) is 37.6. The summed E-state index contributed by atoms with van der Waals surface area (Å²) in [5, 5.41) is 9.40. The van der Waals surface area contributed by atoms with Gasteiger partial charge in [0.05, 0.1) is 12.1 Å². The number of carboxylic acid groups (broad SMARTS) is 1. The van der Waals surface area contributed by atoms with Crippen molar-refractivity contribution in [2.45, 2.75) is 26.3 Å². The lowest BCUT2D eigenvalue weighted by Crippen LogP contribution is -2.27. The lowest BCUT2D eigenvalue weighted by molar-refractivity contribution is 0.0655. The molecule has 0 unspecified atom stereocenters. The van der Waals surface area contributed by atoms with Gasteiger partial charge in [-0.3, -0.25) is 9.59 Å². The minimum absolute atomic E-state index is 0.145. The molecule has 0 spiro atoms. The molecule has 158 valence electrons. The number of carbonyl (C=O) groups excluding carboxylic acids is 1. The van der Waals surface area contributed by atoms with Crippen LogP contribution in [-0.2, 0) is 20.0 Å². The number of carbonyl (C=O) groups is 2. The number of alkyl halides is 2. The van der Waals surface area contributed by atoms with Crippen molar-refractivity contribution in [2.75, 3.05) is 6.61 Å². The number of ether oxygens (including phenoxy) is 1. The summed E-state index contributed by atoms with van der Waals surface area (Å²) in [6.45, 7) is 0.463. The van der Waals surface area contributed by atoms with Gasteiger partial charge in [-0.15, -0.1) is 0 Å². The molecule has 2 aromatic heterocycles. The van der Waals surface area contributed by atoms with E-state index >= 15 is 0 Å². The highest BCUT2D eigenvalue weighted by molar-refractivity contribution is 6.01. The van der Waals surface area contributed by atoms with Crippen molar-refractivity contribution >= 4 is 22.7 Å². The summed E-state index contributed by atoms with van der Waals surface area (Å²) in [6, 6.07) is 9.99. The molecule has 0 atom stereocenters. The third-order valence-corrected chi connectivity index (χ3v) is 4.82. The molecular formula is C21H20F2N2O5. The summed E-state index contributed by atoms with van der Waals surface area (Å²) < 4.78 is 32.9. The third-order valence-electron chi connectivity index (χ3n) is 4.82. The van der Waals surface area contributed by atoms with Crippen LogP contribution in [-0.4, -0.2) is 39.0 Å². The van der Waals surface area contributed by atoms with E-state index in [1.165, 1.54) is 16.2 Å². The van der Waals surface area contributed by atoms with E-state index in [4.69, 9.17) is 4.74 Å². The van der Waals surface area contributed by atoms with Crippen LogP contribution in [0.4, 0.5) is 8.78 Å². The topological polar surface area (TPSA) is 90.5 Å². The predicted octanol–water partition coefficient (Wildman–Crippen LogP) is 3.13. The molecule has 30 heavy (non-hydrogen) atoms. The minimum atomic E-state index is -2.85. The zero-order valence-corrected chi connectivity index (χ0v) is 16.4. The number of pyridine rings is 1. The number of rotatable bonds is 8. The molecule has 2 heterocycles. The van der Waals surface area contributed by atoms with Crippen molar-refractivity contribution in [1.82, 2.24) is 9.13 Å². The number of benzene rings is 1. The van der Waals surface area contributed by atoms with Crippen LogP contribution in [0, 0.1) is 0 Å². The number of Topliss-reactive ketones (excluding diaryl/α,β-unsaturated/α-hetero) is 1. The smallest absolute Gasteiger partial charge is 0.356 e. The zero-order chi connectivity index (χ0) is 22.0. The molecule has 0 fully saturated rings. The second kappa shape index (κ2) is 8.48. The molecule has 0 saturated carbocycles. The molecule has 0 aliphatic heterocycles. The Balaban J connectivity index is 2.22. The van der Waals surface area contributed by atoms with E-state index in [2.05, 4.69) is 0 Å². The van der Waals surface area contributed by atoms with Gasteiger partial charge in [-0.2, -0.15) is 0 Å². The molecule has 0 amide bonds. The Morgan fingerprint density at radius 3 is 2.43 bits per heavy atom. The molecule has 0 saturated heterocycles. The minimum Gasteiger partial charge on any atom is -0.484 e. The van der Waals surface area contributed by atoms with Gasteiger partial charge in [0.1, 0.15) is 12.0 Å². The van der Waals surface area contributed by atoms with Gasteiger partial charge in [0.25, 0.3) is 12.0 Å². The standard InChI is InChI=1S/C21H20F2N2O5/c1-3-13-9-14-17(19(30-11-16(22)23)18(21(28)29)24(14)2)20(27)25(13)10-15(26)12-7-5-4-6-8-12/h4-9,16H,3,10-11H2,1-2H3,(H,28,29). The van der Waals surface area contributed by atoms with E-state index in [0.29, 0.717) is 17.7 Å². The predicted molar refractivity (Wildman–Crippen MR) is 106 cm³/mol. The Hall–Kier alpha value is -3.49. The quantitative estimate of drug-likeness (QED) is 0.568. The Labute approximate surface area is 170 Å². The maximum absolute atomic E-state index is 13.3. The van der Waals surface area contributed by atoms with Gasteiger partial charge in [-0.1, -0.05) is 37.3 Å². The first-order valence-corrected chi connectivity index (χ1v) is 9.23. The van der Waals surface area contributed by atoms with E-state index in [9.17, 15) is 28.3 Å². The lowest BCUT2D eigenvalue weighted by atomic mass is 10.1. The first kappa shape index (κ1) is 21.2. The fraction of sp³-hybridized carbons (Fsp3) is 0.286. The SMILES string of the molecule is CCc1cc2c(c(OCC(F)F)c(C(=O)O)n2C)c(=O)n1CC(=O)c1ccccc1. The molecular weight excluding hydrogens is 398 g/mol. The van der Waals surface area contributed by atoms with Gasteiger partial charge in [-0.05, 0) is 12.5 Å². The van der Waals surface area contributed by atoms with Gasteiger partial charge in [-0.25, -0.2) is 13.6 Å². The summed E-state index contributed by atoms with van der Waals surface area (Å²) in [5.41, 5.74) is 0.0922. The molecule has 1 aromatic carbocycles. The summed E-state index contributed by atoms with van der Waals surface area (Å²) in [5.74, 6) is -2.15. The Morgan fingerprint density at radius 2 is 1.87 bits per heavy atom. The maximum Gasteiger partial charge on any atom is 0.356 e. The average molecular weight is 418 g/mol. The first-order valence-electron chi connectivity index (χ1n) is 9.23. The number of hydrogen-bond donors (Lipinski definition) is 1. The van der Waals surface area contributed by atoms with E-state index < -0.39 is 36.0 Å². The number of hydrogen-bond acceptors (Lipinski definition) is 4. The van der Waals surface area contributed by atoms with Crippen LogP contribution in [0.1, 0.15) is 33.5 Å². The van der Waals surface area contributed by atoms with Crippen molar-refractivity contribution < 1.29 is 28.2 Å². The second-order valence-corrected chi connectivity index (χ2v) is 6.67. The summed E-state index contributed by atoms with van der Waals surface area (Å²) in [6.07, 6.45) is -2.45. The van der Waals surface area contributed by atoms with Crippen LogP contribution in [0.5, 0.6) is 5.75 Å². The number of aromatic nitrogens is 2. The van der Waals surface area contributed by atoms with Gasteiger partial charge in [0.2, 0.25) is 0 Å². The van der Waals surface area contributed by atoms with Crippen molar-refractivity contribution in [3.05, 3.63) is 63.7 Å². The van der Waals surface area contributed by atoms with Gasteiger partial charge < -0.3 is 19.0 Å². The number of aryl methyl sites for hydroxylation is 2. The molecule has 7 nitrogen and oxygen atoms in total. The van der Waals surface area contributed by atoms with Crippen LogP contribution < -0.4 is 10.3 Å². The molecule has 0 aliphatic rings. The zero-order valence-electron chi connectivity index (χ0n) is 16.4. The number of nitrogens with zero attached hydrogens (tertiary/aromatic N) is 2. The Kier molecular flexibility index (Phi) is 6.00. The number of ketones is 1. The van der Waals surface area contributed by atoms with Crippen LogP contribution >= 0.6 is 0 Å². The van der Waals surface area contributed by atoms with Crippen molar-refractivity contribution in [3.63, 3.8) is 0 Å². The summed E-state index contributed by atoms with van der Waals surface area (Å²) in [7, 11) is 1.42. The van der Waals surface area contributed by atoms with Crippen molar-refractivity contribution in [1.29, 1.82) is 0 Å². The highest BCUT2D eigenvalue weighted by atomic mass is 19.3. The van der Waals surface area contributed by atoms with Crippen LogP contribution in [0.3, 0.4) is 0 Å². The molecule has 0 bridgehead atoms. The first-order chi connectivity index (χ1) is 14.3. The molecule has 0 aliphatic carbocycles. The Morgan fingerprint density at radius 1 is 1.20 bits per heavy atom. The van der Waals surface area contributed by atoms with Crippen LogP contribution in [0.15, 0.2) is 41.2 Å². The van der Waals surface area contributed by atoms with Gasteiger partial charge >= 0.3 is 5.97 Å². The van der Waals surface area contributed by atoms with Crippen molar-refractivity contribution in [3.8, 4) is 5.75 Å². The average Bonchev–Trinajstić information content (AvgIpc) is 3.00. The number of carboxylic acids is 1. The lowest BCUT2D eigenvalue weighted by Gasteiger charge is -2.13. The molecule has 9 heteroatoms. The highest BCUT2D eigenvalue weighted by Crippen LogP contribution is 2.31. The molecule has 0 radical (unpaired) electrons. The number of fused-ring (bicyclic) bond motifs is 1. The summed E-state index contributed by atoms with van der Waals surface area (Å²) >= 11 is 0. The maximum atomic E-state index is 13.3. The third kappa shape index (κ3) is 3.83. The number of halogens is 2. The second-order valence-electron chi connectivity index (χ2n) is 6.67. The monoisotopic (exact) mass is 418 g/mol. The Bertz CT molecular complexity index is 1170. The van der Waals surface area contributed by atoms with E-state index in [0.717, 1.165) is 0 Å². The van der Waals surface area contributed by atoms with E-state index in [1.807, 2.05) is 0 Å². The molecule has 1 N–H and O–H groups in total. The van der Waals surface area contributed by atoms with Gasteiger partial charge in [0, 0.05) is 18.3 Å². The molecule has 3 rings (SSSR count). The highest BCUT2D eigenvalue weighted by Gasteiger charge is 2.27. The van der Waals surface area contributed by atoms with Gasteiger partial charge in [0.15, 0.2) is 17.2 Å². The van der Waals surface area contributed by atoms with E-state index in [-0.39, 0.29) is 23.2 Å². The fourth-order valence-corrected chi connectivity index (χ4v) is 3.40. The number of aromatic carboxylic acids is 1. The fourth-order valence-electron chi connectivity index (χ4n) is 3.40. The van der Waals surface area contributed by atoms with Crippen LogP contribution in [0.2, 0.25) is 0 Å². The van der Waals surface area contributed by atoms with Crippen LogP contribution in [0.25, 0.3) is 10.9 Å². The molecule has 3 aromatic rings. The van der Waals surface area contributed by atoms with Crippen molar-refractivity contribution in [2.24, 2.45) is 7.05 Å². The normalized spacial score (nSPS) is 11.2. The largest absolute Gasteiger partial charge is 0.484 e. The van der Waals surface area contributed by atoms with E-state index in [1.54, 1.807) is 43.3 Å².